The van der Waals surface area contributed by atoms with Crippen molar-refractivity contribution in [3.05, 3.63) is 35.1 Å². The van der Waals surface area contributed by atoms with Crippen LogP contribution in [0.3, 0.4) is 0 Å². The van der Waals surface area contributed by atoms with Gasteiger partial charge in [-0.3, -0.25) is 14.5 Å². The first-order valence-corrected chi connectivity index (χ1v) is 5.96. The first kappa shape index (κ1) is 14.0. The average Bonchev–Trinajstić information content (AvgIpc) is 2.36. The summed E-state index contributed by atoms with van der Waals surface area (Å²) < 4.78 is 14.0. The SMILES string of the molecule is CN1C(=O)C[C@@](C)(c2cc(C(N)=O)ccc2F)N=C1N. The summed E-state index contributed by atoms with van der Waals surface area (Å²) in [6.45, 7) is 1.59. The number of halogens is 1. The maximum atomic E-state index is 14.0. The van der Waals surface area contributed by atoms with Crippen LogP contribution in [0.5, 0.6) is 0 Å². The van der Waals surface area contributed by atoms with Gasteiger partial charge in [-0.15, -0.1) is 0 Å². The molecule has 1 aromatic carbocycles. The standard InChI is InChI=1S/C13H15FN4O2/c1-13(6-10(19)18(2)12(16)17-13)8-5-7(11(15)20)3-4-9(8)14/h3-5H,6H2,1-2H3,(H2,15,20)(H2,16,17)/t13-/m0/s1. The van der Waals surface area contributed by atoms with Gasteiger partial charge in [-0.1, -0.05) is 0 Å². The molecule has 2 rings (SSSR count). The molecule has 1 aliphatic rings. The first-order chi connectivity index (χ1) is 9.24. The number of amides is 2. The number of hydrogen-bond acceptors (Lipinski definition) is 4. The first-order valence-electron chi connectivity index (χ1n) is 5.96. The van der Waals surface area contributed by atoms with Gasteiger partial charge in [-0.05, 0) is 25.1 Å². The Kier molecular flexibility index (Phi) is 3.21. The number of nitrogens with zero attached hydrogens (tertiary/aromatic N) is 2. The molecule has 4 N–H and O–H groups in total. The molecule has 0 saturated heterocycles. The molecule has 106 valence electrons. The van der Waals surface area contributed by atoms with Gasteiger partial charge >= 0.3 is 0 Å². The number of carbonyl (C=O) groups excluding carboxylic acids is 2. The van der Waals surface area contributed by atoms with E-state index in [4.69, 9.17) is 11.5 Å². The molecular weight excluding hydrogens is 263 g/mol. The van der Waals surface area contributed by atoms with Crippen molar-refractivity contribution in [1.29, 1.82) is 0 Å². The number of guanidine groups is 1. The molecule has 0 radical (unpaired) electrons. The molecule has 1 heterocycles. The third kappa shape index (κ3) is 2.22. The van der Waals surface area contributed by atoms with E-state index in [0.717, 1.165) is 6.07 Å². The number of rotatable bonds is 2. The van der Waals surface area contributed by atoms with E-state index in [1.807, 2.05) is 0 Å². The molecule has 0 aliphatic carbocycles. The Morgan fingerprint density at radius 2 is 2.15 bits per heavy atom. The Hall–Kier alpha value is -2.44. The monoisotopic (exact) mass is 278 g/mol. The van der Waals surface area contributed by atoms with Crippen LogP contribution in [0.15, 0.2) is 23.2 Å². The van der Waals surface area contributed by atoms with E-state index in [1.165, 1.54) is 24.1 Å². The summed E-state index contributed by atoms with van der Waals surface area (Å²) in [4.78, 5) is 28.5. The highest BCUT2D eigenvalue weighted by atomic mass is 19.1. The van der Waals surface area contributed by atoms with Crippen LogP contribution >= 0.6 is 0 Å². The number of primary amides is 1. The van der Waals surface area contributed by atoms with Crippen molar-refractivity contribution in [2.24, 2.45) is 16.5 Å². The zero-order chi connectivity index (χ0) is 15.1. The summed E-state index contributed by atoms with van der Waals surface area (Å²) in [6.07, 6.45) is -0.0384. The fourth-order valence-electron chi connectivity index (χ4n) is 2.15. The second-order valence-corrected chi connectivity index (χ2v) is 4.93. The van der Waals surface area contributed by atoms with Crippen LogP contribution in [0.2, 0.25) is 0 Å². The summed E-state index contributed by atoms with van der Waals surface area (Å²) in [5.74, 6) is -1.51. The van der Waals surface area contributed by atoms with Gasteiger partial charge in [-0.2, -0.15) is 0 Å². The zero-order valence-electron chi connectivity index (χ0n) is 11.2. The Balaban J connectivity index is 2.58. The minimum atomic E-state index is -1.15. The Morgan fingerprint density at radius 1 is 1.50 bits per heavy atom. The number of hydrogen-bond donors (Lipinski definition) is 2. The number of aliphatic imine (C=N–C) groups is 1. The van der Waals surface area contributed by atoms with Gasteiger partial charge in [-0.25, -0.2) is 9.38 Å². The fourth-order valence-corrected chi connectivity index (χ4v) is 2.15. The lowest BCUT2D eigenvalue weighted by molar-refractivity contribution is -0.128. The smallest absolute Gasteiger partial charge is 0.248 e. The molecule has 0 unspecified atom stereocenters. The third-order valence-electron chi connectivity index (χ3n) is 3.41. The second kappa shape index (κ2) is 4.59. The summed E-state index contributed by atoms with van der Waals surface area (Å²) in [5, 5.41) is 0. The van der Waals surface area contributed by atoms with E-state index in [0.29, 0.717) is 0 Å². The van der Waals surface area contributed by atoms with Gasteiger partial charge in [0, 0.05) is 18.2 Å². The van der Waals surface area contributed by atoms with Crippen molar-refractivity contribution in [2.45, 2.75) is 18.9 Å². The summed E-state index contributed by atoms with van der Waals surface area (Å²) >= 11 is 0. The molecule has 0 fully saturated rings. The number of nitrogens with two attached hydrogens (primary N) is 2. The Bertz CT molecular complexity index is 629. The second-order valence-electron chi connectivity index (χ2n) is 4.93. The van der Waals surface area contributed by atoms with Crippen LogP contribution in [0.1, 0.15) is 29.3 Å². The lowest BCUT2D eigenvalue weighted by Crippen LogP contribution is -2.47. The summed E-state index contributed by atoms with van der Waals surface area (Å²) in [5.41, 5.74) is 9.98. The molecule has 2 amide bonds. The quantitative estimate of drug-likeness (QED) is 0.814. The van der Waals surface area contributed by atoms with E-state index < -0.39 is 17.3 Å². The third-order valence-corrected chi connectivity index (χ3v) is 3.41. The van der Waals surface area contributed by atoms with Gasteiger partial charge in [0.25, 0.3) is 0 Å². The molecule has 0 spiro atoms. The van der Waals surface area contributed by atoms with E-state index >= 15 is 0 Å². The molecule has 0 aromatic heterocycles. The van der Waals surface area contributed by atoms with Crippen molar-refractivity contribution in [1.82, 2.24) is 4.90 Å². The summed E-state index contributed by atoms with van der Waals surface area (Å²) in [6, 6.07) is 3.73. The van der Waals surface area contributed by atoms with Gasteiger partial charge in [0.15, 0.2) is 5.96 Å². The van der Waals surface area contributed by atoms with Crippen LogP contribution in [0, 0.1) is 5.82 Å². The van der Waals surface area contributed by atoms with E-state index in [2.05, 4.69) is 4.99 Å². The van der Waals surface area contributed by atoms with E-state index in [-0.39, 0.29) is 29.4 Å². The van der Waals surface area contributed by atoms with Gasteiger partial charge in [0.1, 0.15) is 5.82 Å². The van der Waals surface area contributed by atoms with Crippen LogP contribution in [0.25, 0.3) is 0 Å². The number of carbonyl (C=O) groups is 2. The molecule has 0 saturated carbocycles. The normalized spacial score (nSPS) is 22.6. The molecule has 7 heteroatoms. The van der Waals surface area contributed by atoms with Crippen molar-refractivity contribution >= 4 is 17.8 Å². The van der Waals surface area contributed by atoms with Crippen LogP contribution in [0.4, 0.5) is 4.39 Å². The minimum absolute atomic E-state index is 0.00706. The highest BCUT2D eigenvalue weighted by Crippen LogP contribution is 2.34. The zero-order valence-corrected chi connectivity index (χ0v) is 11.2. The maximum absolute atomic E-state index is 14.0. The summed E-state index contributed by atoms with van der Waals surface area (Å²) in [7, 11) is 1.50. The topological polar surface area (TPSA) is 102 Å². The molecule has 0 bridgehead atoms. The van der Waals surface area contributed by atoms with Crippen LogP contribution in [-0.2, 0) is 10.3 Å². The lowest BCUT2D eigenvalue weighted by atomic mass is 9.86. The predicted molar refractivity (Wildman–Crippen MR) is 71.3 cm³/mol. The van der Waals surface area contributed by atoms with E-state index in [9.17, 15) is 14.0 Å². The molecule has 1 aliphatic heterocycles. The number of benzene rings is 1. The highest BCUT2D eigenvalue weighted by Gasteiger charge is 2.38. The fraction of sp³-hybridized carbons (Fsp3) is 0.308. The molecule has 1 aromatic rings. The van der Waals surface area contributed by atoms with Crippen LogP contribution in [-0.4, -0.2) is 29.7 Å². The molecule has 1 atom stereocenters. The highest BCUT2D eigenvalue weighted by molar-refractivity contribution is 5.99. The predicted octanol–water partition coefficient (Wildman–Crippen LogP) is 0.317. The van der Waals surface area contributed by atoms with E-state index in [1.54, 1.807) is 6.92 Å². The largest absolute Gasteiger partial charge is 0.369 e. The Morgan fingerprint density at radius 3 is 2.70 bits per heavy atom. The van der Waals surface area contributed by atoms with Crippen molar-refractivity contribution < 1.29 is 14.0 Å². The van der Waals surface area contributed by atoms with Crippen molar-refractivity contribution in [2.75, 3.05) is 7.05 Å². The van der Waals surface area contributed by atoms with Crippen molar-refractivity contribution in [3.63, 3.8) is 0 Å². The lowest BCUT2D eigenvalue weighted by Gasteiger charge is -2.33. The molecule has 20 heavy (non-hydrogen) atoms. The molecule has 6 nitrogen and oxygen atoms in total. The van der Waals surface area contributed by atoms with Crippen LogP contribution < -0.4 is 11.5 Å². The van der Waals surface area contributed by atoms with Gasteiger partial charge < -0.3 is 11.5 Å². The Labute approximate surface area is 115 Å². The van der Waals surface area contributed by atoms with Crippen molar-refractivity contribution in [3.8, 4) is 0 Å². The van der Waals surface area contributed by atoms with Gasteiger partial charge in [0.05, 0.1) is 12.0 Å². The molecular formula is C13H15FN4O2. The van der Waals surface area contributed by atoms with Gasteiger partial charge in [0.2, 0.25) is 11.8 Å². The maximum Gasteiger partial charge on any atom is 0.248 e. The average molecular weight is 278 g/mol. The minimum Gasteiger partial charge on any atom is -0.369 e.